The fourth-order valence-corrected chi connectivity index (χ4v) is 2.77. The average Bonchev–Trinajstić information content (AvgIpc) is 2.84. The quantitative estimate of drug-likeness (QED) is 0.139. The van der Waals surface area contributed by atoms with Crippen LogP contribution >= 0.6 is 0 Å². The van der Waals surface area contributed by atoms with Crippen molar-refractivity contribution in [2.75, 3.05) is 18.6 Å². The average molecular weight is 429 g/mol. The summed E-state index contributed by atoms with van der Waals surface area (Å²) in [5, 5.41) is 18.1. The van der Waals surface area contributed by atoms with E-state index in [1.165, 1.54) is 6.08 Å². The number of carbonyl (C=O) groups excluding carboxylic acids is 1. The summed E-state index contributed by atoms with van der Waals surface area (Å²) in [4.78, 5) is 21.4. The minimum Gasteiger partial charge on any atom is -0.462 e. The molecule has 0 radical (unpaired) electrons. The number of anilines is 2. The second-order valence-electron chi connectivity index (χ2n) is 6.74. The first-order valence-electron chi connectivity index (χ1n) is 9.65. The molecule has 0 fully saturated rings. The summed E-state index contributed by atoms with van der Waals surface area (Å²) in [6.07, 6.45) is 2.29. The Bertz CT molecular complexity index is 1070. The zero-order valence-corrected chi connectivity index (χ0v) is 17.7. The van der Waals surface area contributed by atoms with Crippen LogP contribution < -0.4 is 4.90 Å². The van der Waals surface area contributed by atoms with E-state index in [0.29, 0.717) is 5.56 Å². The third kappa shape index (κ3) is 6.41. The predicted octanol–water partition coefficient (Wildman–Crippen LogP) is 5.23. The SMILES string of the molecule is [C-]#[N+]C(=C)C(CCOC(=O)C(C#N)=Cc1ccc(N(C)c2ccc(C=C)cc2)cc1)OO. The molecule has 7 nitrogen and oxygen atoms in total. The van der Waals surface area contributed by atoms with Gasteiger partial charge in [0.1, 0.15) is 17.7 Å². The van der Waals surface area contributed by atoms with Crippen LogP contribution in [0.1, 0.15) is 17.5 Å². The molecule has 0 amide bonds. The Kier molecular flexibility index (Phi) is 8.94. The van der Waals surface area contributed by atoms with E-state index in [1.807, 2.05) is 54.4 Å². The first-order chi connectivity index (χ1) is 15.4. The second kappa shape index (κ2) is 11.9. The third-order valence-corrected chi connectivity index (χ3v) is 4.70. The number of benzene rings is 2. The molecule has 7 heteroatoms. The number of hydrogen-bond donors (Lipinski definition) is 1. The van der Waals surface area contributed by atoms with Crippen molar-refractivity contribution in [3.8, 4) is 6.07 Å². The summed E-state index contributed by atoms with van der Waals surface area (Å²) in [5.41, 5.74) is 3.46. The topological polar surface area (TPSA) is 87.2 Å². The highest BCUT2D eigenvalue weighted by Gasteiger charge is 2.17. The Labute approximate surface area is 187 Å². The maximum Gasteiger partial charge on any atom is 0.348 e. The molecule has 162 valence electrons. The van der Waals surface area contributed by atoms with Gasteiger partial charge < -0.3 is 9.64 Å². The van der Waals surface area contributed by atoms with Gasteiger partial charge in [-0.2, -0.15) is 5.26 Å². The van der Waals surface area contributed by atoms with E-state index in [1.54, 1.807) is 18.2 Å². The standard InChI is InChI=1S/C25H23N3O4/c1-5-19-6-10-22(11-7-19)28(4)23-12-8-20(9-13-23)16-21(17-26)25(29)31-15-14-24(32-30)18(2)27-3/h5-13,16,24,30H,1-2,14-15H2,4H3. The van der Waals surface area contributed by atoms with Gasteiger partial charge >= 0.3 is 5.97 Å². The summed E-state index contributed by atoms with van der Waals surface area (Å²) >= 11 is 0. The predicted molar refractivity (Wildman–Crippen MR) is 123 cm³/mol. The third-order valence-electron chi connectivity index (χ3n) is 4.70. The lowest BCUT2D eigenvalue weighted by atomic mass is 10.1. The smallest absolute Gasteiger partial charge is 0.348 e. The molecule has 1 unspecified atom stereocenters. The van der Waals surface area contributed by atoms with Crippen molar-refractivity contribution in [2.24, 2.45) is 0 Å². The van der Waals surface area contributed by atoms with Crippen LogP contribution in [0, 0.1) is 17.9 Å². The molecule has 0 aliphatic heterocycles. The molecule has 0 saturated heterocycles. The zero-order valence-electron chi connectivity index (χ0n) is 17.7. The van der Waals surface area contributed by atoms with Crippen molar-refractivity contribution < 1.29 is 19.7 Å². The molecule has 0 saturated carbocycles. The van der Waals surface area contributed by atoms with Gasteiger partial charge in [-0.05, 0) is 41.5 Å². The van der Waals surface area contributed by atoms with E-state index in [-0.39, 0.29) is 24.3 Å². The maximum atomic E-state index is 12.2. The molecular formula is C25H23N3O4. The van der Waals surface area contributed by atoms with Gasteiger partial charge in [-0.1, -0.05) is 43.5 Å². The van der Waals surface area contributed by atoms with Gasteiger partial charge in [0, 0.05) is 24.8 Å². The normalized spacial score (nSPS) is 11.6. The summed E-state index contributed by atoms with van der Waals surface area (Å²) in [7, 11) is 1.94. The highest BCUT2D eigenvalue weighted by atomic mass is 17.1. The molecule has 1 atom stereocenters. The maximum absolute atomic E-state index is 12.2. The van der Waals surface area contributed by atoms with Gasteiger partial charge in [0.2, 0.25) is 0 Å². The van der Waals surface area contributed by atoms with Crippen molar-refractivity contribution in [3.05, 3.63) is 95.5 Å². The largest absolute Gasteiger partial charge is 0.462 e. The first kappa shape index (κ1) is 24.1. The number of ether oxygens (including phenoxy) is 1. The molecule has 0 bridgehead atoms. The molecule has 2 aromatic rings. The number of carbonyl (C=O) groups is 1. The summed E-state index contributed by atoms with van der Waals surface area (Å²) in [6.45, 7) is 13.9. The van der Waals surface area contributed by atoms with E-state index in [4.69, 9.17) is 16.6 Å². The van der Waals surface area contributed by atoms with E-state index >= 15 is 0 Å². The molecule has 2 aromatic carbocycles. The monoisotopic (exact) mass is 429 g/mol. The Morgan fingerprint density at radius 3 is 2.25 bits per heavy atom. The van der Waals surface area contributed by atoms with E-state index < -0.39 is 12.1 Å². The summed E-state index contributed by atoms with van der Waals surface area (Å²) in [5.74, 6) is -0.805. The first-order valence-corrected chi connectivity index (χ1v) is 9.65. The van der Waals surface area contributed by atoms with Crippen molar-refractivity contribution in [2.45, 2.75) is 12.5 Å². The molecule has 1 N–H and O–H groups in total. The minimum absolute atomic E-state index is 0.0127. The molecular weight excluding hydrogens is 406 g/mol. The van der Waals surface area contributed by atoms with Gasteiger partial charge in [-0.25, -0.2) is 14.5 Å². The van der Waals surface area contributed by atoms with Crippen LogP contribution in [0.4, 0.5) is 11.4 Å². The van der Waals surface area contributed by atoms with Crippen LogP contribution in [0.5, 0.6) is 0 Å². The second-order valence-corrected chi connectivity index (χ2v) is 6.74. The van der Waals surface area contributed by atoms with Crippen LogP contribution in [0.3, 0.4) is 0 Å². The summed E-state index contributed by atoms with van der Waals surface area (Å²) < 4.78 is 5.05. The van der Waals surface area contributed by atoms with Gasteiger partial charge in [0.15, 0.2) is 5.70 Å². The Hall–Kier alpha value is -4.17. The minimum atomic E-state index is -0.965. The van der Waals surface area contributed by atoms with Crippen LogP contribution in [-0.2, 0) is 14.4 Å². The lowest BCUT2D eigenvalue weighted by Crippen LogP contribution is -2.17. The highest BCUT2D eigenvalue weighted by molar-refractivity contribution is 5.97. The van der Waals surface area contributed by atoms with Crippen LogP contribution in [-0.4, -0.2) is 31.0 Å². The van der Waals surface area contributed by atoms with E-state index in [0.717, 1.165) is 16.9 Å². The lowest BCUT2D eigenvalue weighted by molar-refractivity contribution is -0.270. The zero-order chi connectivity index (χ0) is 23.5. The molecule has 0 heterocycles. The Morgan fingerprint density at radius 1 is 1.22 bits per heavy atom. The number of hydrogen-bond acceptors (Lipinski definition) is 6. The van der Waals surface area contributed by atoms with Gasteiger partial charge in [0.25, 0.3) is 0 Å². The fraction of sp³-hybridized carbons (Fsp3) is 0.160. The molecule has 0 aliphatic carbocycles. The van der Waals surface area contributed by atoms with Gasteiger partial charge in [-0.15, -0.1) is 0 Å². The van der Waals surface area contributed by atoms with E-state index in [9.17, 15) is 10.1 Å². The van der Waals surface area contributed by atoms with Gasteiger partial charge in [0.05, 0.1) is 13.2 Å². The van der Waals surface area contributed by atoms with Crippen molar-refractivity contribution >= 4 is 29.5 Å². The molecule has 2 rings (SSSR count). The van der Waals surface area contributed by atoms with Crippen LogP contribution in [0.25, 0.3) is 17.0 Å². The van der Waals surface area contributed by atoms with E-state index in [2.05, 4.69) is 22.9 Å². The number of nitrogens with zero attached hydrogens (tertiary/aromatic N) is 3. The number of rotatable bonds is 10. The van der Waals surface area contributed by atoms with Crippen molar-refractivity contribution in [1.82, 2.24) is 0 Å². The molecule has 32 heavy (non-hydrogen) atoms. The van der Waals surface area contributed by atoms with Crippen LogP contribution in [0.2, 0.25) is 0 Å². The van der Waals surface area contributed by atoms with Gasteiger partial charge in [-0.3, -0.25) is 5.26 Å². The number of esters is 1. The van der Waals surface area contributed by atoms with Crippen molar-refractivity contribution in [1.29, 1.82) is 5.26 Å². The summed E-state index contributed by atoms with van der Waals surface area (Å²) in [6, 6.07) is 17.1. The molecule has 0 aromatic heterocycles. The Balaban J connectivity index is 2.03. The molecule has 0 aliphatic rings. The lowest BCUT2D eigenvalue weighted by Gasteiger charge is -2.19. The number of nitriles is 1. The highest BCUT2D eigenvalue weighted by Crippen LogP contribution is 2.25. The van der Waals surface area contributed by atoms with Crippen molar-refractivity contribution in [3.63, 3.8) is 0 Å². The molecule has 0 spiro atoms. The van der Waals surface area contributed by atoms with Crippen LogP contribution in [0.15, 0.2) is 73.0 Å². The Morgan fingerprint density at radius 2 is 1.78 bits per heavy atom. The fourth-order valence-electron chi connectivity index (χ4n) is 2.77.